The Morgan fingerprint density at radius 2 is 1.88 bits per heavy atom. The molecule has 3 rings (SSSR count). The average molecular weight is 483 g/mol. The molecule has 0 fully saturated rings. The Morgan fingerprint density at radius 3 is 2.56 bits per heavy atom. The van der Waals surface area contributed by atoms with Crippen LogP contribution in [-0.2, 0) is 9.59 Å². The third kappa shape index (κ3) is 7.51. The number of hydrogen-bond acceptors (Lipinski definition) is 6. The van der Waals surface area contributed by atoms with Crippen molar-refractivity contribution in [3.05, 3.63) is 52.9 Å². The summed E-state index contributed by atoms with van der Waals surface area (Å²) >= 11 is 1.30. The molecule has 1 atom stereocenters. The molecule has 10 heteroatoms. The van der Waals surface area contributed by atoms with E-state index in [2.05, 4.69) is 30.9 Å². The van der Waals surface area contributed by atoms with Crippen molar-refractivity contribution in [3.63, 3.8) is 0 Å². The van der Waals surface area contributed by atoms with E-state index >= 15 is 0 Å². The van der Waals surface area contributed by atoms with Gasteiger partial charge in [-0.2, -0.15) is 0 Å². The lowest BCUT2D eigenvalue weighted by Crippen LogP contribution is -2.28. The van der Waals surface area contributed by atoms with Crippen molar-refractivity contribution in [3.8, 4) is 11.3 Å². The zero-order chi connectivity index (χ0) is 24.3. The number of unbranched alkanes of at least 4 members (excludes halogenated alkanes) is 2. The van der Waals surface area contributed by atoms with E-state index in [-0.39, 0.29) is 23.6 Å². The number of hydrogen-bond donors (Lipinski definition) is 4. The van der Waals surface area contributed by atoms with E-state index in [4.69, 9.17) is 0 Å². The minimum Gasteiger partial charge on any atom is -0.359 e. The van der Waals surface area contributed by atoms with E-state index in [0.29, 0.717) is 17.8 Å². The summed E-state index contributed by atoms with van der Waals surface area (Å²) in [5.74, 6) is 0.595. The Labute approximate surface area is 202 Å². The van der Waals surface area contributed by atoms with E-state index in [1.54, 1.807) is 25.0 Å². The molecule has 2 heterocycles. The van der Waals surface area contributed by atoms with Gasteiger partial charge in [0.1, 0.15) is 10.7 Å². The van der Waals surface area contributed by atoms with Gasteiger partial charge in [-0.1, -0.05) is 25.0 Å². The van der Waals surface area contributed by atoms with Crippen LogP contribution >= 0.6 is 11.3 Å². The number of amides is 3. The number of anilines is 1. The first-order valence-corrected chi connectivity index (χ1v) is 12.1. The molecule has 0 aliphatic carbocycles. The Hall–Kier alpha value is -3.53. The maximum atomic E-state index is 12.4. The maximum absolute atomic E-state index is 12.4. The van der Waals surface area contributed by atoms with Crippen molar-refractivity contribution >= 4 is 34.7 Å². The van der Waals surface area contributed by atoms with E-state index in [0.717, 1.165) is 48.5 Å². The van der Waals surface area contributed by atoms with Gasteiger partial charge in [0.25, 0.3) is 5.91 Å². The number of rotatable bonds is 12. The minimum atomic E-state index is -0.146. The Balaban J connectivity index is 1.65. The molecule has 2 aromatic heterocycles. The van der Waals surface area contributed by atoms with Gasteiger partial charge in [0.2, 0.25) is 11.8 Å². The van der Waals surface area contributed by atoms with Crippen LogP contribution in [0.1, 0.15) is 60.4 Å². The van der Waals surface area contributed by atoms with Gasteiger partial charge in [-0.15, -0.1) is 11.3 Å². The molecule has 0 saturated carbocycles. The molecule has 3 aromatic rings. The smallest absolute Gasteiger partial charge is 0.263 e. The lowest BCUT2D eigenvalue weighted by atomic mass is 9.99. The van der Waals surface area contributed by atoms with Gasteiger partial charge in [0.15, 0.2) is 0 Å². The van der Waals surface area contributed by atoms with E-state index in [1.807, 2.05) is 24.3 Å². The van der Waals surface area contributed by atoms with Crippen LogP contribution in [0.2, 0.25) is 0 Å². The molecule has 3 amide bonds. The number of thiazole rings is 1. The molecule has 0 radical (unpaired) electrons. The minimum absolute atomic E-state index is 0.00396. The van der Waals surface area contributed by atoms with E-state index in [9.17, 15) is 14.4 Å². The fourth-order valence-electron chi connectivity index (χ4n) is 3.57. The zero-order valence-electron chi connectivity index (χ0n) is 19.4. The van der Waals surface area contributed by atoms with E-state index in [1.165, 1.54) is 18.3 Å². The summed E-state index contributed by atoms with van der Waals surface area (Å²) in [7, 11) is 1.64. The molecule has 0 saturated heterocycles. The lowest BCUT2D eigenvalue weighted by molar-refractivity contribution is -0.120. The van der Waals surface area contributed by atoms with Crippen LogP contribution in [0, 0.1) is 0 Å². The van der Waals surface area contributed by atoms with Crippen molar-refractivity contribution in [2.45, 2.75) is 44.9 Å². The molecule has 34 heavy (non-hydrogen) atoms. The number of nitrogens with zero attached hydrogens (tertiary/aromatic N) is 2. The Kier molecular flexibility index (Phi) is 9.33. The summed E-state index contributed by atoms with van der Waals surface area (Å²) in [6.45, 7) is 1.92. The highest BCUT2D eigenvalue weighted by Gasteiger charge is 2.18. The zero-order valence-corrected chi connectivity index (χ0v) is 20.2. The van der Waals surface area contributed by atoms with Crippen LogP contribution < -0.4 is 16.0 Å². The Morgan fingerprint density at radius 1 is 1.09 bits per heavy atom. The van der Waals surface area contributed by atoms with Gasteiger partial charge in [-0.05, 0) is 30.5 Å². The molecule has 0 bridgehead atoms. The summed E-state index contributed by atoms with van der Waals surface area (Å²) in [5.41, 5.74) is 4.18. The molecule has 180 valence electrons. The molecule has 1 unspecified atom stereocenters. The van der Waals surface area contributed by atoms with Crippen LogP contribution in [0.25, 0.3) is 11.3 Å². The molecule has 0 spiro atoms. The summed E-state index contributed by atoms with van der Waals surface area (Å²) in [6.07, 6.45) is 7.34. The molecule has 9 nitrogen and oxygen atoms in total. The number of aromatic nitrogens is 3. The largest absolute Gasteiger partial charge is 0.359 e. The normalized spacial score (nSPS) is 11.6. The number of carbonyl (C=O) groups is 3. The quantitative estimate of drug-likeness (QED) is 0.293. The SMILES string of the molecule is CNC(=O)CCCCCC(CNC(=O)c1cncs1)c1ncc(-c2ccc(NC(C)=O)cc2)[nH]1. The van der Waals surface area contributed by atoms with Gasteiger partial charge < -0.3 is 20.9 Å². The highest BCUT2D eigenvalue weighted by atomic mass is 32.1. The van der Waals surface area contributed by atoms with Crippen molar-refractivity contribution in [2.24, 2.45) is 0 Å². The van der Waals surface area contributed by atoms with Crippen molar-refractivity contribution in [1.29, 1.82) is 0 Å². The highest BCUT2D eigenvalue weighted by Crippen LogP contribution is 2.25. The standard InChI is InChI=1S/C24H30N6O3S/c1-16(31)29-19-10-8-17(9-11-19)20-13-27-23(30-20)18(6-4-3-5-7-22(32)25-2)12-28-24(33)21-14-26-15-34-21/h8-11,13-15,18H,3-7,12H2,1-2H3,(H,25,32)(H,27,30)(H,28,33)(H,29,31). The van der Waals surface area contributed by atoms with Crippen LogP contribution in [-0.4, -0.2) is 46.3 Å². The molecule has 1 aromatic carbocycles. The van der Waals surface area contributed by atoms with Crippen LogP contribution in [0.4, 0.5) is 5.69 Å². The maximum Gasteiger partial charge on any atom is 0.263 e. The molecular weight excluding hydrogens is 452 g/mol. The van der Waals surface area contributed by atoms with Crippen molar-refractivity contribution < 1.29 is 14.4 Å². The van der Waals surface area contributed by atoms with Gasteiger partial charge in [0, 0.05) is 38.5 Å². The van der Waals surface area contributed by atoms with Crippen LogP contribution in [0.3, 0.4) is 0 Å². The third-order valence-electron chi connectivity index (χ3n) is 5.40. The topological polar surface area (TPSA) is 129 Å². The number of nitrogens with one attached hydrogen (secondary N) is 4. The fourth-order valence-corrected chi connectivity index (χ4v) is 4.11. The first kappa shape index (κ1) is 25.1. The first-order valence-electron chi connectivity index (χ1n) is 11.3. The number of benzene rings is 1. The number of imidazole rings is 1. The molecule has 4 N–H and O–H groups in total. The van der Waals surface area contributed by atoms with Gasteiger partial charge in [0.05, 0.1) is 23.6 Å². The van der Waals surface area contributed by atoms with E-state index < -0.39 is 0 Å². The Bertz CT molecular complexity index is 1080. The van der Waals surface area contributed by atoms with Crippen LogP contribution in [0.5, 0.6) is 0 Å². The highest BCUT2D eigenvalue weighted by molar-refractivity contribution is 7.11. The predicted octanol–water partition coefficient (Wildman–Crippen LogP) is 3.70. The molecule has 0 aliphatic heterocycles. The second-order valence-electron chi connectivity index (χ2n) is 7.99. The van der Waals surface area contributed by atoms with Gasteiger partial charge in [-0.25, -0.2) is 4.98 Å². The monoisotopic (exact) mass is 482 g/mol. The lowest BCUT2D eigenvalue weighted by Gasteiger charge is -2.15. The van der Waals surface area contributed by atoms with Gasteiger partial charge >= 0.3 is 0 Å². The predicted molar refractivity (Wildman–Crippen MR) is 133 cm³/mol. The van der Waals surface area contributed by atoms with Crippen molar-refractivity contribution in [2.75, 3.05) is 18.9 Å². The first-order chi connectivity index (χ1) is 16.5. The second kappa shape index (κ2) is 12.6. The summed E-state index contributed by atoms with van der Waals surface area (Å²) in [5, 5.41) is 8.39. The summed E-state index contributed by atoms with van der Waals surface area (Å²) < 4.78 is 0. The summed E-state index contributed by atoms with van der Waals surface area (Å²) in [6, 6.07) is 7.52. The second-order valence-corrected chi connectivity index (χ2v) is 8.87. The van der Waals surface area contributed by atoms with Gasteiger partial charge in [-0.3, -0.25) is 19.4 Å². The average Bonchev–Trinajstić information content (AvgIpc) is 3.53. The number of carbonyl (C=O) groups excluding carboxylic acids is 3. The molecular formula is C24H30N6O3S. The third-order valence-corrected chi connectivity index (χ3v) is 6.17. The van der Waals surface area contributed by atoms with Crippen molar-refractivity contribution in [1.82, 2.24) is 25.6 Å². The molecule has 0 aliphatic rings. The fraction of sp³-hybridized carbons (Fsp3) is 0.375. The number of aromatic amines is 1. The summed E-state index contributed by atoms with van der Waals surface area (Å²) in [4.78, 5) is 47.6. The van der Waals surface area contributed by atoms with Crippen LogP contribution in [0.15, 0.2) is 42.2 Å². The number of H-pyrrole nitrogens is 1.